The van der Waals surface area contributed by atoms with Gasteiger partial charge < -0.3 is 15.6 Å². The molecule has 0 aromatic carbocycles. The number of carbonyl (C=O) groups is 1. The molecule has 3 heterocycles. The Hall–Kier alpha value is -2.77. The molecule has 1 fully saturated rings. The van der Waals surface area contributed by atoms with Gasteiger partial charge in [-0.3, -0.25) is 4.79 Å². The number of likely N-dealkylation sites (tertiary alicyclic amines) is 1. The van der Waals surface area contributed by atoms with Crippen LogP contribution < -0.4 is 11.4 Å². The van der Waals surface area contributed by atoms with Gasteiger partial charge in [0.15, 0.2) is 0 Å². The van der Waals surface area contributed by atoms with E-state index in [2.05, 4.69) is 19.9 Å². The molecule has 1 aliphatic heterocycles. The number of nitrogen functional groups attached to an aromatic ring is 1. The van der Waals surface area contributed by atoms with E-state index in [0.29, 0.717) is 31.0 Å². The van der Waals surface area contributed by atoms with E-state index in [4.69, 9.17) is 5.73 Å². The molecule has 1 unspecified atom stereocenters. The molecule has 1 amide bonds. The van der Waals surface area contributed by atoms with Crippen molar-refractivity contribution >= 4 is 11.9 Å². The first kappa shape index (κ1) is 18.6. The summed E-state index contributed by atoms with van der Waals surface area (Å²) in [6.07, 6.45) is 6.75. The van der Waals surface area contributed by atoms with Crippen molar-refractivity contribution in [1.29, 1.82) is 0 Å². The Morgan fingerprint density at radius 2 is 2.14 bits per heavy atom. The van der Waals surface area contributed by atoms with E-state index in [9.17, 15) is 9.59 Å². The molecule has 1 atom stereocenters. The fraction of sp³-hybridized carbons (Fsp3) is 0.550. The van der Waals surface area contributed by atoms with E-state index >= 15 is 0 Å². The van der Waals surface area contributed by atoms with Crippen molar-refractivity contribution in [3.63, 3.8) is 0 Å². The van der Waals surface area contributed by atoms with Crippen molar-refractivity contribution in [2.24, 2.45) is 0 Å². The number of hydrogen-bond donors (Lipinski definition) is 2. The van der Waals surface area contributed by atoms with Gasteiger partial charge in [-0.1, -0.05) is 0 Å². The number of anilines is 1. The van der Waals surface area contributed by atoms with Crippen LogP contribution in [0.15, 0.2) is 11.0 Å². The summed E-state index contributed by atoms with van der Waals surface area (Å²) in [5.74, 6) is 0.444. The molecule has 28 heavy (non-hydrogen) atoms. The van der Waals surface area contributed by atoms with Gasteiger partial charge in [0.05, 0.1) is 5.69 Å². The lowest BCUT2D eigenvalue weighted by Gasteiger charge is -2.40. The molecule has 2 aromatic heterocycles. The van der Waals surface area contributed by atoms with Crippen LogP contribution in [0.1, 0.15) is 53.9 Å². The number of nitrogens with zero attached hydrogens (tertiary/aromatic N) is 4. The minimum absolute atomic E-state index is 0.0916. The zero-order valence-corrected chi connectivity index (χ0v) is 16.4. The number of rotatable bonds is 3. The number of hydrogen-bond acceptors (Lipinski definition) is 6. The van der Waals surface area contributed by atoms with Crippen molar-refractivity contribution in [3.8, 4) is 0 Å². The molecule has 0 radical (unpaired) electrons. The number of nitrogens with one attached hydrogen (secondary N) is 1. The third-order valence-corrected chi connectivity index (χ3v) is 6.23. The minimum Gasteiger partial charge on any atom is -0.368 e. The number of aromatic nitrogens is 4. The average Bonchev–Trinajstić information content (AvgIpc) is 2.98. The Balaban J connectivity index is 1.48. The number of fused-ring (bicyclic) bond motifs is 2. The second-order valence-corrected chi connectivity index (χ2v) is 8.03. The van der Waals surface area contributed by atoms with E-state index in [1.165, 1.54) is 0 Å². The molecule has 2 aliphatic rings. The maximum atomic E-state index is 13.0. The summed E-state index contributed by atoms with van der Waals surface area (Å²) in [6, 6.07) is 0. The maximum absolute atomic E-state index is 13.0. The Kier molecular flexibility index (Phi) is 4.64. The van der Waals surface area contributed by atoms with Gasteiger partial charge in [0.2, 0.25) is 11.9 Å². The van der Waals surface area contributed by atoms with Gasteiger partial charge in [0.25, 0.3) is 0 Å². The third kappa shape index (κ3) is 3.27. The Morgan fingerprint density at radius 3 is 2.93 bits per heavy atom. The molecule has 1 spiro atoms. The lowest BCUT2D eigenvalue weighted by molar-refractivity contribution is -0.133. The fourth-order valence-corrected chi connectivity index (χ4v) is 4.81. The van der Waals surface area contributed by atoms with E-state index in [0.717, 1.165) is 54.7 Å². The van der Waals surface area contributed by atoms with Crippen LogP contribution in [0.25, 0.3) is 0 Å². The summed E-state index contributed by atoms with van der Waals surface area (Å²) in [6.45, 7) is 5.14. The molecule has 8 heteroatoms. The minimum atomic E-state index is -0.343. The summed E-state index contributed by atoms with van der Waals surface area (Å²) in [4.78, 5) is 41.7. The number of aryl methyl sites for hydroxylation is 3. The van der Waals surface area contributed by atoms with Crippen molar-refractivity contribution in [1.82, 2.24) is 24.8 Å². The number of H-pyrrole nitrogens is 1. The van der Waals surface area contributed by atoms with Gasteiger partial charge in [-0.15, -0.1) is 0 Å². The average molecular weight is 382 g/mol. The van der Waals surface area contributed by atoms with Gasteiger partial charge >= 0.3 is 5.69 Å². The quantitative estimate of drug-likeness (QED) is 0.823. The summed E-state index contributed by atoms with van der Waals surface area (Å²) < 4.78 is 0. The summed E-state index contributed by atoms with van der Waals surface area (Å²) in [5, 5.41) is 0. The van der Waals surface area contributed by atoms with E-state index in [1.807, 2.05) is 24.9 Å². The number of piperidine rings is 1. The molecular formula is C20H26N6O2. The lowest BCUT2D eigenvalue weighted by Crippen LogP contribution is -2.48. The molecule has 4 rings (SSSR count). The predicted octanol–water partition coefficient (Wildman–Crippen LogP) is 1.20. The number of amides is 1. The number of carbonyl (C=O) groups excluding carboxylic acids is 1. The van der Waals surface area contributed by atoms with Crippen LogP contribution in [-0.4, -0.2) is 43.8 Å². The first-order valence-electron chi connectivity index (χ1n) is 9.84. The van der Waals surface area contributed by atoms with Crippen molar-refractivity contribution in [3.05, 3.63) is 44.9 Å². The van der Waals surface area contributed by atoms with Crippen molar-refractivity contribution < 1.29 is 4.79 Å². The van der Waals surface area contributed by atoms with E-state index < -0.39 is 0 Å². The topological polar surface area (TPSA) is 118 Å². The number of aromatic amines is 1. The highest BCUT2D eigenvalue weighted by molar-refractivity contribution is 5.77. The van der Waals surface area contributed by atoms with Gasteiger partial charge in [-0.05, 0) is 57.1 Å². The zero-order chi connectivity index (χ0) is 19.9. The maximum Gasteiger partial charge on any atom is 0.345 e. The second kappa shape index (κ2) is 7.00. The first-order valence-corrected chi connectivity index (χ1v) is 9.84. The van der Waals surface area contributed by atoms with Gasteiger partial charge in [0, 0.05) is 42.5 Å². The molecule has 8 nitrogen and oxygen atoms in total. The fourth-order valence-electron chi connectivity index (χ4n) is 4.81. The summed E-state index contributed by atoms with van der Waals surface area (Å²) >= 11 is 0. The highest BCUT2D eigenvalue weighted by Crippen LogP contribution is 2.44. The van der Waals surface area contributed by atoms with E-state index in [1.54, 1.807) is 0 Å². The summed E-state index contributed by atoms with van der Waals surface area (Å²) in [5.41, 5.74) is 10.0. The molecular weight excluding hydrogens is 356 g/mol. The van der Waals surface area contributed by atoms with Crippen molar-refractivity contribution in [2.75, 3.05) is 18.8 Å². The monoisotopic (exact) mass is 382 g/mol. The van der Waals surface area contributed by atoms with Crippen LogP contribution in [0.4, 0.5) is 5.95 Å². The molecule has 0 saturated carbocycles. The van der Waals surface area contributed by atoms with Gasteiger partial charge in [0.1, 0.15) is 0 Å². The Bertz CT molecular complexity index is 955. The van der Waals surface area contributed by atoms with Crippen LogP contribution >= 0.6 is 0 Å². The van der Waals surface area contributed by atoms with Crippen LogP contribution in [0.3, 0.4) is 0 Å². The van der Waals surface area contributed by atoms with E-state index in [-0.39, 0.29) is 17.0 Å². The SMILES string of the molecule is Cc1nc(=O)[nH]c(C)c1CCC(=O)N1CCCC2(CCc3cnc(N)nc32)C1. The number of nitrogens with two attached hydrogens (primary N) is 1. The second-order valence-electron chi connectivity index (χ2n) is 8.03. The molecule has 0 bridgehead atoms. The van der Waals surface area contributed by atoms with Crippen LogP contribution in [0.5, 0.6) is 0 Å². The molecule has 148 valence electrons. The first-order chi connectivity index (χ1) is 13.4. The molecule has 2 aromatic rings. The molecule has 1 aliphatic carbocycles. The Labute approximate surface area is 163 Å². The Morgan fingerprint density at radius 1 is 1.32 bits per heavy atom. The summed E-state index contributed by atoms with van der Waals surface area (Å²) in [7, 11) is 0. The van der Waals surface area contributed by atoms with Gasteiger partial charge in [-0.25, -0.2) is 14.8 Å². The highest BCUT2D eigenvalue weighted by atomic mass is 16.2. The lowest BCUT2D eigenvalue weighted by atomic mass is 9.77. The highest BCUT2D eigenvalue weighted by Gasteiger charge is 2.44. The van der Waals surface area contributed by atoms with Crippen LogP contribution in [-0.2, 0) is 23.1 Å². The largest absolute Gasteiger partial charge is 0.368 e. The predicted molar refractivity (Wildman–Crippen MR) is 105 cm³/mol. The normalized spacial score (nSPS) is 21.1. The van der Waals surface area contributed by atoms with Gasteiger partial charge in [-0.2, -0.15) is 4.98 Å². The molecule has 1 saturated heterocycles. The third-order valence-electron chi connectivity index (χ3n) is 6.23. The standard InChI is InChI=1S/C20H26N6O2/c1-12-15(13(2)24-19(28)23-12)4-5-16(27)26-9-3-7-20(11-26)8-6-14-10-22-18(21)25-17(14)20/h10H,3-9,11H2,1-2H3,(H2,21,22,25)(H,23,24,28). The van der Waals surface area contributed by atoms with Crippen LogP contribution in [0.2, 0.25) is 0 Å². The van der Waals surface area contributed by atoms with Crippen LogP contribution in [0, 0.1) is 13.8 Å². The smallest absolute Gasteiger partial charge is 0.345 e. The van der Waals surface area contributed by atoms with Crippen molar-refractivity contribution in [2.45, 2.75) is 57.8 Å². The zero-order valence-electron chi connectivity index (χ0n) is 16.4. The molecule has 3 N–H and O–H groups in total.